The lowest BCUT2D eigenvalue weighted by atomic mass is 10.1. The second kappa shape index (κ2) is 6.03. The molecule has 2 atom stereocenters. The fraction of sp³-hybridized carbons (Fsp3) is 0.727. The molecule has 1 aromatic heterocycles. The Hall–Kier alpha value is -0.0600. The van der Waals surface area contributed by atoms with Crippen molar-refractivity contribution in [3.63, 3.8) is 0 Å². The van der Waals surface area contributed by atoms with Gasteiger partial charge in [0.15, 0.2) is 0 Å². The van der Waals surface area contributed by atoms with Crippen LogP contribution in [0.4, 0.5) is 0 Å². The molecule has 0 aliphatic rings. The Morgan fingerprint density at radius 3 is 2.56 bits per heavy atom. The van der Waals surface area contributed by atoms with E-state index in [0.717, 1.165) is 28.3 Å². The molecule has 0 bridgehead atoms. The quantitative estimate of drug-likeness (QED) is 0.848. The highest BCUT2D eigenvalue weighted by molar-refractivity contribution is 9.09. The van der Waals surface area contributed by atoms with Crippen molar-refractivity contribution >= 4 is 27.5 Å². The van der Waals surface area contributed by atoms with E-state index in [0.29, 0.717) is 12.0 Å². The standard InChI is InChI=1S/C11H19BrClN3/c1-7(5-12)8(2)14-6-10-9(3)15-16(4)11(10)13/h7-8,14H,5-6H2,1-4H3. The van der Waals surface area contributed by atoms with Crippen molar-refractivity contribution in [1.29, 1.82) is 0 Å². The first-order chi connectivity index (χ1) is 7.47. The van der Waals surface area contributed by atoms with E-state index in [1.54, 1.807) is 4.68 Å². The number of halogens is 2. The van der Waals surface area contributed by atoms with Gasteiger partial charge in [-0.3, -0.25) is 4.68 Å². The molecule has 2 unspecified atom stereocenters. The minimum absolute atomic E-state index is 0.454. The number of hydrogen-bond acceptors (Lipinski definition) is 2. The molecule has 1 N–H and O–H groups in total. The van der Waals surface area contributed by atoms with Crippen molar-refractivity contribution in [2.45, 2.75) is 33.4 Å². The van der Waals surface area contributed by atoms with Gasteiger partial charge in [-0.15, -0.1) is 0 Å². The van der Waals surface area contributed by atoms with Gasteiger partial charge in [0, 0.05) is 30.5 Å². The summed E-state index contributed by atoms with van der Waals surface area (Å²) in [4.78, 5) is 0. The van der Waals surface area contributed by atoms with Gasteiger partial charge in [-0.25, -0.2) is 0 Å². The molecule has 0 saturated heterocycles. The number of nitrogens with zero attached hydrogens (tertiary/aromatic N) is 2. The summed E-state index contributed by atoms with van der Waals surface area (Å²) in [5.41, 5.74) is 2.09. The summed E-state index contributed by atoms with van der Waals surface area (Å²) in [5.74, 6) is 0.593. The van der Waals surface area contributed by atoms with Crippen LogP contribution in [-0.4, -0.2) is 21.2 Å². The smallest absolute Gasteiger partial charge is 0.131 e. The van der Waals surface area contributed by atoms with E-state index < -0.39 is 0 Å². The second-order valence-electron chi connectivity index (χ2n) is 4.28. The molecule has 0 spiro atoms. The number of hydrogen-bond donors (Lipinski definition) is 1. The van der Waals surface area contributed by atoms with E-state index >= 15 is 0 Å². The zero-order valence-corrected chi connectivity index (χ0v) is 12.6. The van der Waals surface area contributed by atoms with Crippen molar-refractivity contribution < 1.29 is 0 Å². The molecule has 0 aliphatic heterocycles. The largest absolute Gasteiger partial charge is 0.310 e. The predicted octanol–water partition coefficient (Wildman–Crippen LogP) is 2.89. The summed E-state index contributed by atoms with van der Waals surface area (Å²) in [6.07, 6.45) is 0. The second-order valence-corrected chi connectivity index (χ2v) is 5.29. The number of alkyl halides is 1. The number of nitrogens with one attached hydrogen (secondary N) is 1. The van der Waals surface area contributed by atoms with Crippen LogP contribution in [0.25, 0.3) is 0 Å². The average molecular weight is 309 g/mol. The Kier molecular flexibility index (Phi) is 5.28. The maximum absolute atomic E-state index is 6.16. The highest BCUT2D eigenvalue weighted by Gasteiger charge is 2.14. The molecule has 0 amide bonds. The molecule has 1 rings (SSSR count). The third kappa shape index (κ3) is 3.22. The molecule has 3 nitrogen and oxygen atoms in total. The fourth-order valence-corrected chi connectivity index (χ4v) is 2.27. The van der Waals surface area contributed by atoms with E-state index in [-0.39, 0.29) is 0 Å². The Bertz CT molecular complexity index is 351. The fourth-order valence-electron chi connectivity index (χ4n) is 1.47. The number of rotatable bonds is 5. The summed E-state index contributed by atoms with van der Waals surface area (Å²) in [6.45, 7) is 7.16. The molecular formula is C11H19BrClN3. The maximum Gasteiger partial charge on any atom is 0.131 e. The van der Waals surface area contributed by atoms with Crippen LogP contribution in [0, 0.1) is 12.8 Å². The van der Waals surface area contributed by atoms with Gasteiger partial charge in [-0.05, 0) is 19.8 Å². The first-order valence-electron chi connectivity index (χ1n) is 5.44. The van der Waals surface area contributed by atoms with Gasteiger partial charge in [0.05, 0.1) is 5.69 Å². The highest BCUT2D eigenvalue weighted by Crippen LogP contribution is 2.18. The molecule has 0 saturated carbocycles. The lowest BCUT2D eigenvalue weighted by Gasteiger charge is -2.19. The summed E-state index contributed by atoms with van der Waals surface area (Å²) >= 11 is 9.65. The van der Waals surface area contributed by atoms with Crippen molar-refractivity contribution in [3.8, 4) is 0 Å². The Morgan fingerprint density at radius 1 is 1.50 bits per heavy atom. The van der Waals surface area contributed by atoms with Gasteiger partial charge < -0.3 is 5.32 Å². The molecule has 0 fully saturated rings. The van der Waals surface area contributed by atoms with E-state index in [4.69, 9.17) is 11.6 Å². The van der Waals surface area contributed by atoms with Crippen LogP contribution in [0.3, 0.4) is 0 Å². The summed E-state index contributed by atoms with van der Waals surface area (Å²) in [7, 11) is 1.86. The van der Waals surface area contributed by atoms with Crippen molar-refractivity contribution in [2.75, 3.05) is 5.33 Å². The lowest BCUT2D eigenvalue weighted by Crippen LogP contribution is -2.32. The Balaban J connectivity index is 2.61. The molecule has 1 aromatic rings. The summed E-state index contributed by atoms with van der Waals surface area (Å²) in [5, 5.41) is 9.49. The Morgan fingerprint density at radius 2 is 2.12 bits per heavy atom. The zero-order chi connectivity index (χ0) is 12.3. The topological polar surface area (TPSA) is 29.9 Å². The van der Waals surface area contributed by atoms with E-state index in [1.807, 2.05) is 14.0 Å². The van der Waals surface area contributed by atoms with Gasteiger partial charge in [0.1, 0.15) is 5.15 Å². The number of aromatic nitrogens is 2. The zero-order valence-electron chi connectivity index (χ0n) is 10.2. The van der Waals surface area contributed by atoms with Gasteiger partial charge in [0.2, 0.25) is 0 Å². The summed E-state index contributed by atoms with van der Waals surface area (Å²) < 4.78 is 1.71. The third-order valence-corrected chi connectivity index (χ3v) is 4.46. The third-order valence-electron chi connectivity index (χ3n) is 2.97. The summed E-state index contributed by atoms with van der Waals surface area (Å²) in [6, 6.07) is 0.454. The highest BCUT2D eigenvalue weighted by atomic mass is 79.9. The van der Waals surface area contributed by atoms with Gasteiger partial charge in [-0.1, -0.05) is 34.5 Å². The van der Waals surface area contributed by atoms with E-state index in [2.05, 4.69) is 40.2 Å². The molecule has 1 heterocycles. The molecule has 92 valence electrons. The minimum Gasteiger partial charge on any atom is -0.310 e. The van der Waals surface area contributed by atoms with Crippen LogP contribution in [0.2, 0.25) is 5.15 Å². The maximum atomic E-state index is 6.16. The predicted molar refractivity (Wildman–Crippen MR) is 72.2 cm³/mol. The van der Waals surface area contributed by atoms with Crippen LogP contribution in [0.15, 0.2) is 0 Å². The monoisotopic (exact) mass is 307 g/mol. The molecule has 0 aromatic carbocycles. The first-order valence-corrected chi connectivity index (χ1v) is 6.94. The lowest BCUT2D eigenvalue weighted by molar-refractivity contribution is 0.433. The van der Waals surface area contributed by atoms with Gasteiger partial charge in [-0.2, -0.15) is 5.10 Å². The Labute approximate surface area is 111 Å². The van der Waals surface area contributed by atoms with E-state index in [1.165, 1.54) is 0 Å². The van der Waals surface area contributed by atoms with Crippen LogP contribution in [0.1, 0.15) is 25.1 Å². The van der Waals surface area contributed by atoms with Crippen LogP contribution in [0.5, 0.6) is 0 Å². The number of aryl methyl sites for hydroxylation is 2. The SMILES string of the molecule is Cc1nn(C)c(Cl)c1CNC(C)C(C)CBr. The van der Waals surface area contributed by atoms with Gasteiger partial charge >= 0.3 is 0 Å². The molecule has 5 heteroatoms. The van der Waals surface area contributed by atoms with E-state index in [9.17, 15) is 0 Å². The molecule has 0 aliphatic carbocycles. The van der Waals surface area contributed by atoms with Crippen LogP contribution < -0.4 is 5.32 Å². The van der Waals surface area contributed by atoms with Crippen molar-refractivity contribution in [1.82, 2.24) is 15.1 Å². The van der Waals surface area contributed by atoms with Crippen LogP contribution >= 0.6 is 27.5 Å². The van der Waals surface area contributed by atoms with Crippen molar-refractivity contribution in [2.24, 2.45) is 13.0 Å². The minimum atomic E-state index is 0.454. The average Bonchev–Trinajstić information content (AvgIpc) is 2.49. The van der Waals surface area contributed by atoms with Crippen LogP contribution in [-0.2, 0) is 13.6 Å². The normalized spacial score (nSPS) is 15.1. The first kappa shape index (κ1) is 14.0. The molecule has 0 radical (unpaired) electrons. The van der Waals surface area contributed by atoms with Gasteiger partial charge in [0.25, 0.3) is 0 Å². The molecule has 16 heavy (non-hydrogen) atoms. The molecular weight excluding hydrogens is 289 g/mol. The van der Waals surface area contributed by atoms with Crippen molar-refractivity contribution in [3.05, 3.63) is 16.4 Å².